The van der Waals surface area contributed by atoms with Crippen molar-refractivity contribution in [1.29, 1.82) is 0 Å². The van der Waals surface area contributed by atoms with Gasteiger partial charge in [-0.3, -0.25) is 4.90 Å². The summed E-state index contributed by atoms with van der Waals surface area (Å²) >= 11 is 0. The quantitative estimate of drug-likeness (QED) is 0.847. The van der Waals surface area contributed by atoms with Crippen LogP contribution in [0.15, 0.2) is 12.1 Å². The van der Waals surface area contributed by atoms with Crippen LogP contribution < -0.4 is 0 Å². The van der Waals surface area contributed by atoms with E-state index in [9.17, 15) is 5.11 Å². The monoisotopic (exact) mass is 233 g/mol. The van der Waals surface area contributed by atoms with Crippen molar-refractivity contribution in [3.8, 4) is 5.75 Å². The molecule has 1 atom stereocenters. The van der Waals surface area contributed by atoms with Crippen LogP contribution in [0, 0.1) is 19.8 Å². The third-order valence-electron chi connectivity index (χ3n) is 3.70. The normalized spacial score (nSPS) is 21.7. The lowest BCUT2D eigenvalue weighted by Crippen LogP contribution is -2.33. The second-order valence-corrected chi connectivity index (χ2v) is 5.56. The fourth-order valence-electron chi connectivity index (χ4n) is 2.83. The van der Waals surface area contributed by atoms with Crippen molar-refractivity contribution in [2.24, 2.45) is 5.92 Å². The Balaban J connectivity index is 2.08. The molecule has 0 radical (unpaired) electrons. The zero-order valence-electron chi connectivity index (χ0n) is 11.2. The van der Waals surface area contributed by atoms with Gasteiger partial charge < -0.3 is 5.11 Å². The molecule has 0 amide bonds. The minimum absolute atomic E-state index is 0.445. The summed E-state index contributed by atoms with van der Waals surface area (Å²) in [4.78, 5) is 2.53. The first-order chi connectivity index (χ1) is 8.06. The van der Waals surface area contributed by atoms with Crippen LogP contribution in [0.4, 0.5) is 0 Å². The van der Waals surface area contributed by atoms with Crippen molar-refractivity contribution in [3.63, 3.8) is 0 Å². The highest BCUT2D eigenvalue weighted by Gasteiger charge is 2.16. The van der Waals surface area contributed by atoms with Gasteiger partial charge in [-0.2, -0.15) is 0 Å². The van der Waals surface area contributed by atoms with Gasteiger partial charge in [0.25, 0.3) is 0 Å². The number of aryl methyl sites for hydroxylation is 2. The second-order valence-electron chi connectivity index (χ2n) is 5.56. The molecule has 2 nitrogen and oxygen atoms in total. The van der Waals surface area contributed by atoms with Crippen molar-refractivity contribution < 1.29 is 5.11 Å². The molecule has 1 heterocycles. The molecule has 1 aliphatic rings. The van der Waals surface area contributed by atoms with Gasteiger partial charge in [-0.05, 0) is 55.8 Å². The third kappa shape index (κ3) is 3.01. The Labute approximate surface area is 104 Å². The summed E-state index contributed by atoms with van der Waals surface area (Å²) in [6, 6.07) is 4.23. The predicted octanol–water partition coefficient (Wildman–Crippen LogP) is 3.24. The highest BCUT2D eigenvalue weighted by molar-refractivity contribution is 5.42. The number of piperidine rings is 1. The number of phenolic OH excluding ortho intramolecular Hbond substituents is 1. The average molecular weight is 233 g/mol. The van der Waals surface area contributed by atoms with Gasteiger partial charge in [0.1, 0.15) is 5.75 Å². The Morgan fingerprint density at radius 1 is 1.29 bits per heavy atom. The molecule has 0 bridgehead atoms. The highest BCUT2D eigenvalue weighted by Crippen LogP contribution is 2.25. The fourth-order valence-corrected chi connectivity index (χ4v) is 2.83. The molecule has 1 unspecified atom stereocenters. The largest absolute Gasteiger partial charge is 0.507 e. The number of hydrogen-bond donors (Lipinski definition) is 1. The summed E-state index contributed by atoms with van der Waals surface area (Å²) in [7, 11) is 0. The van der Waals surface area contributed by atoms with Gasteiger partial charge in [-0.25, -0.2) is 0 Å². The van der Waals surface area contributed by atoms with E-state index < -0.39 is 0 Å². The Kier molecular flexibility index (Phi) is 3.72. The standard InChI is InChI=1S/C15H23NO/c1-11-5-4-6-16(9-11)10-14-7-12(2)15(17)13(3)8-14/h7-8,11,17H,4-6,9-10H2,1-3H3. The lowest BCUT2D eigenvalue weighted by molar-refractivity contribution is 0.176. The molecule has 17 heavy (non-hydrogen) atoms. The van der Waals surface area contributed by atoms with Gasteiger partial charge >= 0.3 is 0 Å². The van der Waals surface area contributed by atoms with E-state index in [2.05, 4.69) is 24.0 Å². The van der Waals surface area contributed by atoms with Gasteiger partial charge in [0.2, 0.25) is 0 Å². The number of aromatic hydroxyl groups is 1. The zero-order valence-corrected chi connectivity index (χ0v) is 11.2. The molecule has 1 N–H and O–H groups in total. The topological polar surface area (TPSA) is 23.5 Å². The maximum absolute atomic E-state index is 9.77. The number of nitrogens with zero attached hydrogens (tertiary/aromatic N) is 1. The summed E-state index contributed by atoms with van der Waals surface area (Å²) < 4.78 is 0. The van der Waals surface area contributed by atoms with Crippen LogP contribution in [0.3, 0.4) is 0 Å². The molecule has 94 valence electrons. The Hall–Kier alpha value is -1.02. The minimum Gasteiger partial charge on any atom is -0.507 e. The molecule has 0 saturated carbocycles. The van der Waals surface area contributed by atoms with E-state index >= 15 is 0 Å². The molecule has 0 aromatic heterocycles. The van der Waals surface area contributed by atoms with E-state index in [1.807, 2.05) is 13.8 Å². The summed E-state index contributed by atoms with van der Waals surface area (Å²) in [5.41, 5.74) is 3.31. The van der Waals surface area contributed by atoms with Crippen LogP contribution in [0.25, 0.3) is 0 Å². The average Bonchev–Trinajstić information content (AvgIpc) is 2.26. The molecule has 0 spiro atoms. The summed E-state index contributed by atoms with van der Waals surface area (Å²) in [6.45, 7) is 9.73. The first kappa shape index (κ1) is 12.4. The molecule has 1 saturated heterocycles. The van der Waals surface area contributed by atoms with Gasteiger partial charge in [0.15, 0.2) is 0 Å². The van der Waals surface area contributed by atoms with E-state index in [4.69, 9.17) is 0 Å². The SMILES string of the molecule is Cc1cc(CN2CCCC(C)C2)cc(C)c1O. The van der Waals surface area contributed by atoms with Crippen molar-refractivity contribution in [3.05, 3.63) is 28.8 Å². The zero-order chi connectivity index (χ0) is 12.4. The maximum Gasteiger partial charge on any atom is 0.121 e. The summed E-state index contributed by atoms with van der Waals surface area (Å²) in [6.07, 6.45) is 2.68. The number of benzene rings is 1. The molecule has 2 rings (SSSR count). The van der Waals surface area contributed by atoms with Crippen molar-refractivity contribution in [2.45, 2.75) is 40.2 Å². The Bertz CT molecular complexity index is 377. The van der Waals surface area contributed by atoms with Crippen LogP contribution >= 0.6 is 0 Å². The fraction of sp³-hybridized carbons (Fsp3) is 0.600. The summed E-state index contributed by atoms with van der Waals surface area (Å²) in [5.74, 6) is 1.27. The third-order valence-corrected chi connectivity index (χ3v) is 3.70. The van der Waals surface area contributed by atoms with E-state index in [1.165, 1.54) is 31.5 Å². The predicted molar refractivity (Wildman–Crippen MR) is 71.3 cm³/mol. The number of hydrogen-bond acceptors (Lipinski definition) is 2. The Morgan fingerprint density at radius 3 is 2.53 bits per heavy atom. The molecule has 0 aliphatic carbocycles. The van der Waals surface area contributed by atoms with Gasteiger partial charge in [0.05, 0.1) is 0 Å². The lowest BCUT2D eigenvalue weighted by atomic mass is 9.99. The molecule has 1 aromatic carbocycles. The number of phenols is 1. The van der Waals surface area contributed by atoms with Gasteiger partial charge in [0, 0.05) is 13.1 Å². The first-order valence-electron chi connectivity index (χ1n) is 6.57. The smallest absolute Gasteiger partial charge is 0.121 e. The molecule has 1 aromatic rings. The van der Waals surface area contributed by atoms with E-state index in [-0.39, 0.29) is 0 Å². The molecule has 1 fully saturated rings. The van der Waals surface area contributed by atoms with Crippen LogP contribution in [0.2, 0.25) is 0 Å². The minimum atomic E-state index is 0.445. The van der Waals surface area contributed by atoms with E-state index in [0.717, 1.165) is 23.6 Å². The van der Waals surface area contributed by atoms with Crippen LogP contribution in [-0.4, -0.2) is 23.1 Å². The van der Waals surface area contributed by atoms with Crippen LogP contribution in [0.1, 0.15) is 36.5 Å². The van der Waals surface area contributed by atoms with Crippen LogP contribution in [-0.2, 0) is 6.54 Å². The highest BCUT2D eigenvalue weighted by atomic mass is 16.3. The molecular formula is C15H23NO. The van der Waals surface area contributed by atoms with Crippen molar-refractivity contribution in [1.82, 2.24) is 4.90 Å². The number of likely N-dealkylation sites (tertiary alicyclic amines) is 1. The van der Waals surface area contributed by atoms with E-state index in [0.29, 0.717) is 5.75 Å². The number of rotatable bonds is 2. The second kappa shape index (κ2) is 5.09. The van der Waals surface area contributed by atoms with E-state index in [1.54, 1.807) is 0 Å². The lowest BCUT2D eigenvalue weighted by Gasteiger charge is -2.31. The molecule has 2 heteroatoms. The maximum atomic E-state index is 9.77. The van der Waals surface area contributed by atoms with Crippen molar-refractivity contribution in [2.75, 3.05) is 13.1 Å². The van der Waals surface area contributed by atoms with Crippen molar-refractivity contribution >= 4 is 0 Å². The van der Waals surface area contributed by atoms with Gasteiger partial charge in [-0.15, -0.1) is 0 Å². The molecule has 1 aliphatic heterocycles. The van der Waals surface area contributed by atoms with Crippen LogP contribution in [0.5, 0.6) is 5.75 Å². The molecular weight excluding hydrogens is 210 g/mol. The first-order valence-corrected chi connectivity index (χ1v) is 6.57. The Morgan fingerprint density at radius 2 is 1.94 bits per heavy atom. The van der Waals surface area contributed by atoms with Gasteiger partial charge in [-0.1, -0.05) is 19.1 Å². The summed E-state index contributed by atoms with van der Waals surface area (Å²) in [5, 5.41) is 9.77.